The van der Waals surface area contributed by atoms with Crippen LogP contribution in [0.2, 0.25) is 0 Å². The largest absolute Gasteiger partial charge is 0.481 e. The van der Waals surface area contributed by atoms with Crippen molar-refractivity contribution in [2.24, 2.45) is 17.6 Å². The summed E-state index contributed by atoms with van der Waals surface area (Å²) in [4.78, 5) is 71.3. The fraction of sp³-hybridized carbons (Fsp3) is 0.714. The summed E-state index contributed by atoms with van der Waals surface area (Å²) >= 11 is 0. The van der Waals surface area contributed by atoms with Crippen LogP contribution in [-0.2, 0) is 28.8 Å². The highest BCUT2D eigenvalue weighted by molar-refractivity contribution is 5.95. The third-order valence-electron chi connectivity index (χ3n) is 5.13. The van der Waals surface area contributed by atoms with Crippen LogP contribution in [0.5, 0.6) is 0 Å². The van der Waals surface area contributed by atoms with E-state index in [2.05, 4.69) is 16.0 Å². The summed E-state index contributed by atoms with van der Waals surface area (Å²) in [6.07, 6.45) is -0.866. The quantitative estimate of drug-likeness (QED) is 0.144. The second kappa shape index (κ2) is 14.8. The molecular weight excluding hydrogens is 452 g/mol. The molecule has 0 fully saturated rings. The first kappa shape index (κ1) is 30.8. The van der Waals surface area contributed by atoms with Gasteiger partial charge in [-0.15, -0.1) is 0 Å². The van der Waals surface area contributed by atoms with Crippen molar-refractivity contribution in [2.45, 2.75) is 84.0 Å². The minimum atomic E-state index is -1.72. The molecule has 3 amide bonds. The third kappa shape index (κ3) is 11.6. The van der Waals surface area contributed by atoms with E-state index >= 15 is 0 Å². The highest BCUT2D eigenvalue weighted by atomic mass is 16.4. The Kier molecular flexibility index (Phi) is 13.4. The van der Waals surface area contributed by atoms with Gasteiger partial charge < -0.3 is 37.0 Å². The summed E-state index contributed by atoms with van der Waals surface area (Å²) in [6.45, 7) is 7.04. The average Bonchev–Trinajstić information content (AvgIpc) is 2.72. The first-order chi connectivity index (χ1) is 15.7. The molecular formula is C21H36N4O9. The normalized spacial score (nSPS) is 15.4. The Balaban J connectivity index is 5.63. The number of hydrogen-bond donors (Lipinski definition) is 7. The Labute approximate surface area is 197 Å². The molecule has 34 heavy (non-hydrogen) atoms. The van der Waals surface area contributed by atoms with Crippen molar-refractivity contribution in [1.82, 2.24) is 16.0 Å². The van der Waals surface area contributed by atoms with E-state index in [4.69, 9.17) is 15.9 Å². The van der Waals surface area contributed by atoms with Crippen molar-refractivity contribution in [3.8, 4) is 0 Å². The maximum atomic E-state index is 12.9. The summed E-state index contributed by atoms with van der Waals surface area (Å²) in [5.74, 6) is -7.03. The van der Waals surface area contributed by atoms with Gasteiger partial charge in [0.05, 0.1) is 12.5 Å². The van der Waals surface area contributed by atoms with E-state index < -0.39 is 78.6 Å². The summed E-state index contributed by atoms with van der Waals surface area (Å²) in [7, 11) is 0. The van der Waals surface area contributed by atoms with Crippen molar-refractivity contribution in [3.63, 3.8) is 0 Å². The van der Waals surface area contributed by atoms with E-state index in [1.165, 1.54) is 0 Å². The highest BCUT2D eigenvalue weighted by Gasteiger charge is 2.33. The molecule has 0 aromatic rings. The Hall–Kier alpha value is -3.22. The van der Waals surface area contributed by atoms with Crippen molar-refractivity contribution >= 4 is 35.6 Å². The monoisotopic (exact) mass is 488 g/mol. The standard InChI is InChI=1S/C21H36N4O9/c1-5-11(4)17(20(32)24-14(21(33)34)9-16(28)29)25-19(31)13(6-7-15(26)27)23-18(30)12(22)8-10(2)3/h10-14,17H,5-9,22H2,1-4H3,(H,23,30)(H,24,32)(H,25,31)(H,26,27)(H,28,29)(H,33,34). The number of nitrogens with one attached hydrogen (secondary N) is 3. The molecule has 13 heteroatoms. The average molecular weight is 489 g/mol. The van der Waals surface area contributed by atoms with Gasteiger partial charge in [0.15, 0.2) is 0 Å². The van der Waals surface area contributed by atoms with Crippen LogP contribution in [0.25, 0.3) is 0 Å². The second-order valence-electron chi connectivity index (χ2n) is 8.60. The Morgan fingerprint density at radius 1 is 0.794 bits per heavy atom. The van der Waals surface area contributed by atoms with Crippen LogP contribution in [0.3, 0.4) is 0 Å². The second-order valence-corrected chi connectivity index (χ2v) is 8.60. The van der Waals surface area contributed by atoms with Crippen molar-refractivity contribution in [1.29, 1.82) is 0 Å². The fourth-order valence-electron chi connectivity index (χ4n) is 3.02. The number of carbonyl (C=O) groups excluding carboxylic acids is 3. The summed E-state index contributed by atoms with van der Waals surface area (Å²) in [6, 6.07) is -5.22. The maximum absolute atomic E-state index is 12.9. The molecule has 0 saturated carbocycles. The van der Waals surface area contributed by atoms with E-state index in [1.807, 2.05) is 13.8 Å². The molecule has 0 heterocycles. The molecule has 8 N–H and O–H groups in total. The summed E-state index contributed by atoms with van der Waals surface area (Å²) < 4.78 is 0. The number of carboxylic acid groups (broad SMARTS) is 3. The van der Waals surface area contributed by atoms with Gasteiger partial charge in [-0.2, -0.15) is 0 Å². The van der Waals surface area contributed by atoms with Crippen molar-refractivity contribution in [2.75, 3.05) is 0 Å². The zero-order valence-corrected chi connectivity index (χ0v) is 19.9. The van der Waals surface area contributed by atoms with Gasteiger partial charge in [-0.3, -0.25) is 24.0 Å². The summed E-state index contributed by atoms with van der Waals surface area (Å²) in [5, 5.41) is 34.0. The van der Waals surface area contributed by atoms with Gasteiger partial charge >= 0.3 is 17.9 Å². The minimum Gasteiger partial charge on any atom is -0.481 e. The number of nitrogens with two attached hydrogens (primary N) is 1. The number of aliphatic carboxylic acids is 3. The van der Waals surface area contributed by atoms with Crippen LogP contribution in [-0.4, -0.2) is 75.1 Å². The Morgan fingerprint density at radius 2 is 1.35 bits per heavy atom. The maximum Gasteiger partial charge on any atom is 0.326 e. The lowest BCUT2D eigenvalue weighted by Crippen LogP contribution is -2.58. The molecule has 194 valence electrons. The minimum absolute atomic E-state index is 0.0958. The third-order valence-corrected chi connectivity index (χ3v) is 5.13. The fourth-order valence-corrected chi connectivity index (χ4v) is 3.02. The van der Waals surface area contributed by atoms with Crippen LogP contribution >= 0.6 is 0 Å². The van der Waals surface area contributed by atoms with Gasteiger partial charge in [0.2, 0.25) is 17.7 Å². The lowest BCUT2D eigenvalue weighted by molar-refractivity contribution is -0.147. The van der Waals surface area contributed by atoms with E-state index in [0.29, 0.717) is 12.8 Å². The van der Waals surface area contributed by atoms with Crippen molar-refractivity contribution in [3.05, 3.63) is 0 Å². The predicted molar refractivity (Wildman–Crippen MR) is 119 cm³/mol. The number of carboxylic acids is 3. The highest BCUT2D eigenvalue weighted by Crippen LogP contribution is 2.11. The van der Waals surface area contributed by atoms with Gasteiger partial charge in [0.25, 0.3) is 0 Å². The molecule has 5 atom stereocenters. The molecule has 0 aliphatic rings. The zero-order chi connectivity index (χ0) is 26.6. The number of hydrogen-bond acceptors (Lipinski definition) is 7. The van der Waals surface area contributed by atoms with Crippen LogP contribution < -0.4 is 21.7 Å². The van der Waals surface area contributed by atoms with E-state index in [-0.39, 0.29) is 12.3 Å². The molecule has 0 bridgehead atoms. The van der Waals surface area contributed by atoms with Crippen LogP contribution in [0, 0.1) is 11.8 Å². The first-order valence-corrected chi connectivity index (χ1v) is 11.0. The number of amides is 3. The number of carbonyl (C=O) groups is 6. The molecule has 0 rings (SSSR count). The number of rotatable bonds is 16. The molecule has 0 aromatic carbocycles. The first-order valence-electron chi connectivity index (χ1n) is 11.0. The van der Waals surface area contributed by atoms with Gasteiger partial charge in [0, 0.05) is 6.42 Å². The molecule has 0 aliphatic heterocycles. The Morgan fingerprint density at radius 3 is 1.79 bits per heavy atom. The predicted octanol–water partition coefficient (Wildman–Crippen LogP) is -0.716. The molecule has 0 radical (unpaired) electrons. The van der Waals surface area contributed by atoms with E-state index in [1.54, 1.807) is 13.8 Å². The molecule has 5 unspecified atom stereocenters. The Bertz CT molecular complexity index is 757. The molecule has 0 aliphatic carbocycles. The van der Waals surface area contributed by atoms with Crippen LogP contribution in [0.15, 0.2) is 0 Å². The lowest BCUT2D eigenvalue weighted by Gasteiger charge is -2.28. The molecule has 13 nitrogen and oxygen atoms in total. The van der Waals surface area contributed by atoms with E-state index in [9.17, 15) is 33.9 Å². The molecule has 0 spiro atoms. The smallest absolute Gasteiger partial charge is 0.326 e. The van der Waals surface area contributed by atoms with Crippen LogP contribution in [0.1, 0.15) is 59.8 Å². The van der Waals surface area contributed by atoms with E-state index in [0.717, 1.165) is 0 Å². The molecule has 0 aromatic heterocycles. The van der Waals surface area contributed by atoms with Gasteiger partial charge in [-0.05, 0) is 24.7 Å². The van der Waals surface area contributed by atoms with Crippen molar-refractivity contribution < 1.29 is 44.1 Å². The van der Waals surface area contributed by atoms with Gasteiger partial charge in [-0.1, -0.05) is 34.1 Å². The molecule has 0 saturated heterocycles. The topological polar surface area (TPSA) is 225 Å². The van der Waals surface area contributed by atoms with Crippen LogP contribution in [0.4, 0.5) is 0 Å². The van der Waals surface area contributed by atoms with Gasteiger partial charge in [0.1, 0.15) is 18.1 Å². The lowest BCUT2D eigenvalue weighted by atomic mass is 9.96. The van der Waals surface area contributed by atoms with Gasteiger partial charge in [-0.25, -0.2) is 4.79 Å². The SMILES string of the molecule is CCC(C)C(NC(=O)C(CCC(=O)O)NC(=O)C(N)CC(C)C)C(=O)NC(CC(=O)O)C(=O)O. The summed E-state index contributed by atoms with van der Waals surface area (Å²) in [5.41, 5.74) is 5.84. The zero-order valence-electron chi connectivity index (χ0n) is 19.9.